The molecule has 2 amide bonds. The second-order valence-corrected chi connectivity index (χ2v) is 4.24. The second-order valence-electron chi connectivity index (χ2n) is 4.24. The van der Waals surface area contributed by atoms with Gasteiger partial charge in [-0.3, -0.25) is 0 Å². The molecule has 98 valence electrons. The summed E-state index contributed by atoms with van der Waals surface area (Å²) in [6.45, 7) is 1.61. The number of piperidine rings is 1. The van der Waals surface area contributed by atoms with Gasteiger partial charge in [0.05, 0.1) is 0 Å². The number of halogens is 2. The van der Waals surface area contributed by atoms with Gasteiger partial charge in [-0.25, -0.2) is 13.6 Å². The molecule has 0 aromatic heterocycles. The highest BCUT2D eigenvalue weighted by molar-refractivity contribution is 5.89. The molecule has 4 nitrogen and oxygen atoms in total. The fourth-order valence-corrected chi connectivity index (χ4v) is 1.93. The summed E-state index contributed by atoms with van der Waals surface area (Å²) < 4.78 is 26.6. The highest BCUT2D eigenvalue weighted by Gasteiger charge is 2.17. The van der Waals surface area contributed by atoms with E-state index in [0.717, 1.165) is 31.5 Å². The smallest absolute Gasteiger partial charge is 0.319 e. The number of hydrogen-bond acceptors (Lipinski definition) is 2. The molecule has 18 heavy (non-hydrogen) atoms. The maximum absolute atomic E-state index is 13.3. The summed E-state index contributed by atoms with van der Waals surface area (Å²) in [5.74, 6) is -1.57. The Labute approximate surface area is 104 Å². The normalized spacial score (nSPS) is 19.3. The molecule has 1 saturated heterocycles. The molecule has 0 saturated carbocycles. The Morgan fingerprint density at radius 1 is 1.33 bits per heavy atom. The van der Waals surface area contributed by atoms with Gasteiger partial charge >= 0.3 is 6.03 Å². The SMILES string of the molecule is O=C(Nc1c(F)cccc1F)N[C@H]1CCCNC1. The number of rotatable bonds is 2. The van der Waals surface area contributed by atoms with Crippen molar-refractivity contribution in [1.82, 2.24) is 10.6 Å². The maximum Gasteiger partial charge on any atom is 0.319 e. The first kappa shape index (κ1) is 12.8. The van der Waals surface area contributed by atoms with Crippen molar-refractivity contribution in [3.8, 4) is 0 Å². The number of carbonyl (C=O) groups excluding carboxylic acids is 1. The number of hydrogen-bond donors (Lipinski definition) is 3. The summed E-state index contributed by atoms with van der Waals surface area (Å²) in [5, 5.41) is 8.01. The molecule has 0 bridgehead atoms. The maximum atomic E-state index is 13.3. The van der Waals surface area contributed by atoms with Crippen LogP contribution in [0.15, 0.2) is 18.2 Å². The molecule has 1 aromatic carbocycles. The molecule has 0 spiro atoms. The van der Waals surface area contributed by atoms with Crippen molar-refractivity contribution in [2.75, 3.05) is 18.4 Å². The van der Waals surface area contributed by atoms with E-state index < -0.39 is 23.4 Å². The number of para-hydroxylation sites is 1. The van der Waals surface area contributed by atoms with E-state index >= 15 is 0 Å². The Morgan fingerprint density at radius 3 is 2.67 bits per heavy atom. The molecule has 1 heterocycles. The van der Waals surface area contributed by atoms with Crippen LogP contribution in [0.2, 0.25) is 0 Å². The van der Waals surface area contributed by atoms with E-state index in [1.54, 1.807) is 0 Å². The van der Waals surface area contributed by atoms with Crippen LogP contribution in [0.1, 0.15) is 12.8 Å². The molecule has 0 aliphatic carbocycles. The van der Waals surface area contributed by atoms with Crippen molar-refractivity contribution in [1.29, 1.82) is 0 Å². The van der Waals surface area contributed by atoms with Gasteiger partial charge in [0.25, 0.3) is 0 Å². The van der Waals surface area contributed by atoms with Gasteiger partial charge in [-0.2, -0.15) is 0 Å². The van der Waals surface area contributed by atoms with Gasteiger partial charge < -0.3 is 16.0 Å². The van der Waals surface area contributed by atoms with Gasteiger partial charge in [-0.1, -0.05) is 6.07 Å². The number of nitrogens with one attached hydrogen (secondary N) is 3. The minimum absolute atomic E-state index is 0.00594. The van der Waals surface area contributed by atoms with Crippen LogP contribution in [0.4, 0.5) is 19.3 Å². The van der Waals surface area contributed by atoms with E-state index in [1.165, 1.54) is 6.07 Å². The number of benzene rings is 1. The van der Waals surface area contributed by atoms with Gasteiger partial charge in [0.1, 0.15) is 17.3 Å². The molecule has 1 aromatic rings. The zero-order valence-corrected chi connectivity index (χ0v) is 9.80. The van der Waals surface area contributed by atoms with Crippen molar-refractivity contribution >= 4 is 11.7 Å². The fraction of sp³-hybridized carbons (Fsp3) is 0.417. The third-order valence-corrected chi connectivity index (χ3v) is 2.83. The molecule has 1 aliphatic heterocycles. The predicted molar refractivity (Wildman–Crippen MR) is 64.4 cm³/mol. The Morgan fingerprint density at radius 2 is 2.06 bits per heavy atom. The van der Waals surface area contributed by atoms with E-state index in [1.807, 2.05) is 0 Å². The molecule has 0 unspecified atom stereocenters. The average Bonchev–Trinajstić information content (AvgIpc) is 2.35. The summed E-state index contributed by atoms with van der Waals surface area (Å²) in [5.41, 5.74) is -0.418. The standard InChI is InChI=1S/C12H15F2N3O/c13-9-4-1-5-10(14)11(9)17-12(18)16-8-3-2-6-15-7-8/h1,4-5,8,15H,2-3,6-7H2,(H2,16,17,18)/t8-/m0/s1. The van der Waals surface area contributed by atoms with Gasteiger partial charge in [0.15, 0.2) is 0 Å². The third kappa shape index (κ3) is 3.16. The highest BCUT2D eigenvalue weighted by atomic mass is 19.1. The molecule has 0 radical (unpaired) electrons. The second kappa shape index (κ2) is 5.77. The predicted octanol–water partition coefficient (Wildman–Crippen LogP) is 1.84. The zero-order valence-electron chi connectivity index (χ0n) is 9.80. The largest absolute Gasteiger partial charge is 0.334 e. The summed E-state index contributed by atoms with van der Waals surface area (Å²) in [4.78, 5) is 11.6. The van der Waals surface area contributed by atoms with Crippen molar-refractivity contribution in [2.24, 2.45) is 0 Å². The Kier molecular flexibility index (Phi) is 4.09. The Bertz CT molecular complexity index is 413. The third-order valence-electron chi connectivity index (χ3n) is 2.83. The quantitative estimate of drug-likeness (QED) is 0.755. The van der Waals surface area contributed by atoms with Crippen molar-refractivity contribution < 1.29 is 13.6 Å². The van der Waals surface area contributed by atoms with Crippen molar-refractivity contribution in [3.63, 3.8) is 0 Å². The summed E-state index contributed by atoms with van der Waals surface area (Å²) in [7, 11) is 0. The van der Waals surface area contributed by atoms with Gasteiger partial charge in [0, 0.05) is 12.6 Å². The molecule has 1 fully saturated rings. The van der Waals surface area contributed by atoms with Gasteiger partial charge in [-0.15, -0.1) is 0 Å². The van der Waals surface area contributed by atoms with Gasteiger partial charge in [0.2, 0.25) is 0 Å². The molecule has 3 N–H and O–H groups in total. The van der Waals surface area contributed by atoms with Crippen LogP contribution in [-0.2, 0) is 0 Å². The fourth-order valence-electron chi connectivity index (χ4n) is 1.93. The van der Waals surface area contributed by atoms with Crippen LogP contribution in [0.3, 0.4) is 0 Å². The molecular formula is C12H15F2N3O. The highest BCUT2D eigenvalue weighted by Crippen LogP contribution is 2.17. The monoisotopic (exact) mass is 255 g/mol. The van der Waals surface area contributed by atoms with E-state index in [4.69, 9.17) is 0 Å². The lowest BCUT2D eigenvalue weighted by Gasteiger charge is -2.23. The first-order valence-electron chi connectivity index (χ1n) is 5.89. The lowest BCUT2D eigenvalue weighted by molar-refractivity contribution is 0.245. The minimum atomic E-state index is -0.785. The van der Waals surface area contributed by atoms with E-state index in [-0.39, 0.29) is 6.04 Å². The Balaban J connectivity index is 1.94. The first-order chi connectivity index (χ1) is 8.66. The van der Waals surface area contributed by atoms with Crippen molar-refractivity contribution in [2.45, 2.75) is 18.9 Å². The summed E-state index contributed by atoms with van der Waals surface area (Å²) in [6, 6.07) is 2.85. The van der Waals surface area contributed by atoms with E-state index in [2.05, 4.69) is 16.0 Å². The number of carbonyl (C=O) groups is 1. The molecular weight excluding hydrogens is 240 g/mol. The lowest BCUT2D eigenvalue weighted by atomic mass is 10.1. The molecule has 6 heteroatoms. The summed E-state index contributed by atoms with van der Waals surface area (Å²) in [6.07, 6.45) is 1.83. The first-order valence-corrected chi connectivity index (χ1v) is 5.89. The topological polar surface area (TPSA) is 53.2 Å². The zero-order chi connectivity index (χ0) is 13.0. The van der Waals surface area contributed by atoms with E-state index in [0.29, 0.717) is 6.54 Å². The van der Waals surface area contributed by atoms with E-state index in [9.17, 15) is 13.6 Å². The van der Waals surface area contributed by atoms with Gasteiger partial charge in [-0.05, 0) is 31.5 Å². The minimum Gasteiger partial charge on any atom is -0.334 e. The molecule has 1 atom stereocenters. The van der Waals surface area contributed by atoms with Crippen LogP contribution >= 0.6 is 0 Å². The van der Waals surface area contributed by atoms with Crippen LogP contribution in [0.5, 0.6) is 0 Å². The van der Waals surface area contributed by atoms with Crippen molar-refractivity contribution in [3.05, 3.63) is 29.8 Å². The number of anilines is 1. The molecule has 2 rings (SSSR count). The van der Waals surface area contributed by atoms with Crippen LogP contribution in [0.25, 0.3) is 0 Å². The van der Waals surface area contributed by atoms with Crippen LogP contribution < -0.4 is 16.0 Å². The Hall–Kier alpha value is -1.69. The average molecular weight is 255 g/mol. The summed E-state index contributed by atoms with van der Waals surface area (Å²) >= 11 is 0. The lowest BCUT2D eigenvalue weighted by Crippen LogP contribution is -2.47. The molecule has 1 aliphatic rings. The number of amides is 2. The van der Waals surface area contributed by atoms with Crippen LogP contribution in [-0.4, -0.2) is 25.2 Å². The van der Waals surface area contributed by atoms with Crippen LogP contribution in [0, 0.1) is 11.6 Å². The number of urea groups is 1.